The zero-order valence-electron chi connectivity index (χ0n) is 36.0. The van der Waals surface area contributed by atoms with Crippen molar-refractivity contribution in [1.82, 2.24) is 0 Å². The van der Waals surface area contributed by atoms with Crippen LogP contribution >= 0.6 is 22.7 Å². The van der Waals surface area contributed by atoms with Gasteiger partial charge in [0.1, 0.15) is 0 Å². The summed E-state index contributed by atoms with van der Waals surface area (Å²) in [6, 6.07) is 39.9. The second-order valence-electron chi connectivity index (χ2n) is 12.2. The Morgan fingerprint density at radius 3 is 1.75 bits per heavy atom. The predicted octanol–water partition coefficient (Wildman–Crippen LogP) is 14.9. The van der Waals surface area contributed by atoms with Crippen molar-refractivity contribution in [2.45, 2.75) is 0 Å². The summed E-state index contributed by atoms with van der Waals surface area (Å²) in [6.45, 7) is 0. The summed E-state index contributed by atoms with van der Waals surface area (Å²) in [4.78, 5) is 1.78. The molecule has 0 amide bonds. The monoisotopic (exact) mass is 694 g/mol. The highest BCUT2D eigenvalue weighted by atomic mass is 32.1. The van der Waals surface area contributed by atoms with Gasteiger partial charge in [-0.15, -0.1) is 22.7 Å². The highest BCUT2D eigenvalue weighted by Gasteiger charge is 2.21. The molecule has 2 aromatic heterocycles. The lowest BCUT2D eigenvalue weighted by atomic mass is 9.92. The lowest BCUT2D eigenvalue weighted by Crippen LogP contribution is -2.10. The Balaban J connectivity index is 1.28. The van der Waals surface area contributed by atoms with E-state index in [1.165, 1.54) is 10.1 Å². The molecule has 51 heavy (non-hydrogen) atoms. The van der Waals surface area contributed by atoms with Gasteiger partial charge in [0, 0.05) is 52.6 Å². The minimum atomic E-state index is -0.620. The van der Waals surface area contributed by atoms with Crippen molar-refractivity contribution < 1.29 is 12.3 Å². The van der Waals surface area contributed by atoms with Crippen LogP contribution in [0.3, 0.4) is 0 Å². The first-order valence-corrected chi connectivity index (χ1v) is 18.2. The first-order chi connectivity index (χ1) is 29.0. The van der Waals surface area contributed by atoms with Gasteiger partial charge in [0.15, 0.2) is 0 Å². The fourth-order valence-corrected chi connectivity index (χ4v) is 9.37. The zero-order chi connectivity index (χ0) is 41.6. The fraction of sp³-hybridized carbons (Fsp3) is 0. The largest absolute Gasteiger partial charge is 0.309 e. The average Bonchev–Trinajstić information content (AvgIpc) is 3.86. The molecule has 0 radical (unpaired) electrons. The number of hydrogen-bond acceptors (Lipinski definition) is 3. The van der Waals surface area contributed by atoms with Crippen LogP contribution < -0.4 is 4.90 Å². The van der Waals surface area contributed by atoms with Gasteiger partial charge >= 0.3 is 0 Å². The third kappa shape index (κ3) is 5.13. The molecule has 8 aromatic carbocycles. The summed E-state index contributed by atoms with van der Waals surface area (Å²) >= 11 is 3.32. The van der Waals surface area contributed by atoms with Crippen molar-refractivity contribution in [2.24, 2.45) is 0 Å². The number of rotatable bonds is 6. The van der Waals surface area contributed by atoms with Crippen LogP contribution in [0.15, 0.2) is 188 Å². The van der Waals surface area contributed by atoms with Gasteiger partial charge in [-0.05, 0) is 70.2 Å². The molecule has 0 saturated heterocycles. The molecule has 0 spiro atoms. The van der Waals surface area contributed by atoms with E-state index >= 15 is 0 Å². The molecule has 0 atom stereocenters. The van der Waals surface area contributed by atoms with E-state index < -0.39 is 54.4 Å². The molecule has 0 aliphatic rings. The van der Waals surface area contributed by atoms with Gasteiger partial charge in [0.2, 0.25) is 0 Å². The Morgan fingerprint density at radius 2 is 1.00 bits per heavy atom. The zero-order valence-corrected chi connectivity index (χ0v) is 28.6. The van der Waals surface area contributed by atoms with E-state index in [0.29, 0.717) is 11.4 Å². The summed E-state index contributed by atoms with van der Waals surface area (Å²) in [5.74, 6) is 0. The van der Waals surface area contributed by atoms with E-state index in [2.05, 4.69) is 72.8 Å². The van der Waals surface area contributed by atoms with Gasteiger partial charge in [-0.25, -0.2) is 0 Å². The second-order valence-corrected chi connectivity index (χ2v) is 14.3. The van der Waals surface area contributed by atoms with Crippen LogP contribution in [0, 0.1) is 0 Å². The molecule has 0 unspecified atom stereocenters. The minimum Gasteiger partial charge on any atom is -0.309 e. The van der Waals surface area contributed by atoms with Crippen LogP contribution in [0.2, 0.25) is 0 Å². The molecule has 0 fully saturated rings. The smallest absolute Gasteiger partial charge is 0.0645 e. The number of benzene rings is 8. The highest BCUT2D eigenvalue weighted by molar-refractivity contribution is 7.26. The molecule has 0 saturated carbocycles. The molecule has 10 rings (SSSR count). The second kappa shape index (κ2) is 12.4. The van der Waals surface area contributed by atoms with E-state index in [0.717, 1.165) is 52.5 Å². The molecule has 0 aliphatic carbocycles. The Labute approximate surface area is 317 Å². The SMILES string of the molecule is [2H]c1c([2H])c([2H])c(-c2c([2H])c([2H])c(N(c3ccc(-c4cccc5c4sc4ccccc45)c(-c4ccccc4)c3)c3cccc4c3sc3ccccc34)c([2H])c2[2H])c([2H])c1[2H]. The quantitative estimate of drug-likeness (QED) is 0.167. The molecular weight excluding hydrogens is 655 g/mol. The molecule has 1 nitrogen and oxygen atoms in total. The number of nitrogens with zero attached hydrogens (tertiary/aromatic N) is 1. The van der Waals surface area contributed by atoms with E-state index in [1.807, 2.05) is 60.7 Å². The molecular formula is C48H31NS2. The van der Waals surface area contributed by atoms with Crippen LogP contribution in [0.25, 0.3) is 73.7 Å². The van der Waals surface area contributed by atoms with Crippen molar-refractivity contribution in [3.8, 4) is 33.4 Å². The van der Waals surface area contributed by atoms with Crippen molar-refractivity contribution in [3.63, 3.8) is 0 Å². The molecule has 240 valence electrons. The van der Waals surface area contributed by atoms with E-state index in [1.54, 1.807) is 27.6 Å². The van der Waals surface area contributed by atoms with Gasteiger partial charge < -0.3 is 4.90 Å². The predicted molar refractivity (Wildman–Crippen MR) is 223 cm³/mol. The maximum absolute atomic E-state index is 9.62. The van der Waals surface area contributed by atoms with Crippen molar-refractivity contribution in [2.75, 3.05) is 4.90 Å². The number of hydrogen-bond donors (Lipinski definition) is 0. The van der Waals surface area contributed by atoms with Gasteiger partial charge in [-0.3, -0.25) is 0 Å². The first kappa shape index (κ1) is 22.0. The molecule has 3 heteroatoms. The summed E-state index contributed by atoms with van der Waals surface area (Å²) in [5.41, 5.74) is 4.34. The van der Waals surface area contributed by atoms with Crippen molar-refractivity contribution in [1.29, 1.82) is 0 Å². The van der Waals surface area contributed by atoms with E-state index in [-0.39, 0.29) is 16.8 Å². The topological polar surface area (TPSA) is 3.24 Å². The molecule has 10 aromatic rings. The maximum Gasteiger partial charge on any atom is 0.0645 e. The van der Waals surface area contributed by atoms with Gasteiger partial charge in [0.05, 0.1) is 22.7 Å². The van der Waals surface area contributed by atoms with Gasteiger partial charge in [-0.1, -0.05) is 145 Å². The van der Waals surface area contributed by atoms with Crippen molar-refractivity contribution >= 4 is 80.1 Å². The van der Waals surface area contributed by atoms with Crippen molar-refractivity contribution in [3.05, 3.63) is 188 Å². The minimum absolute atomic E-state index is 0.0376. The summed E-state index contributed by atoms with van der Waals surface area (Å²) in [5, 5.41) is 4.37. The normalized spacial score (nSPS) is 14.0. The Kier molecular flexibility index (Phi) is 5.34. The van der Waals surface area contributed by atoms with Crippen LogP contribution in [0.1, 0.15) is 12.3 Å². The number of fused-ring (bicyclic) bond motifs is 6. The standard InChI is InChI=1S/C48H31NS2/c1-3-13-32(14-4-1)33-25-27-35(28-26-33)49(44-22-12-21-42-39-18-8-10-24-46(39)51-48(42)44)36-29-30-37(43(31-36)34-15-5-2-6-16-34)40-19-11-20-41-38-17-7-9-23-45(38)50-47(40)41/h1-31H/i1D,3D,4D,13D,14D,25D,26D,27D,28D. The van der Waals surface area contributed by atoms with Gasteiger partial charge in [-0.2, -0.15) is 0 Å². The molecule has 0 N–H and O–H groups in total. The van der Waals surface area contributed by atoms with Crippen LogP contribution in [-0.2, 0) is 0 Å². The Hall–Kier alpha value is -6.00. The fourth-order valence-electron chi connectivity index (χ4n) is 6.94. The first-order valence-electron chi connectivity index (χ1n) is 21.0. The Morgan fingerprint density at radius 1 is 0.392 bits per heavy atom. The summed E-state index contributed by atoms with van der Waals surface area (Å²) in [6.07, 6.45) is 0. The van der Waals surface area contributed by atoms with Crippen LogP contribution in [-0.4, -0.2) is 0 Å². The molecule has 2 heterocycles. The Bertz CT molecular complexity index is 3340. The van der Waals surface area contributed by atoms with Crippen LogP contribution in [0.4, 0.5) is 17.1 Å². The maximum atomic E-state index is 9.62. The van der Waals surface area contributed by atoms with E-state index in [9.17, 15) is 5.48 Å². The number of anilines is 3. The van der Waals surface area contributed by atoms with Gasteiger partial charge in [0.25, 0.3) is 0 Å². The molecule has 0 aliphatic heterocycles. The lowest BCUT2D eigenvalue weighted by Gasteiger charge is -2.27. The highest BCUT2D eigenvalue weighted by Crippen LogP contribution is 2.48. The van der Waals surface area contributed by atoms with Crippen LogP contribution in [0.5, 0.6) is 0 Å². The van der Waals surface area contributed by atoms with E-state index in [4.69, 9.17) is 6.85 Å². The number of thiophene rings is 2. The summed E-state index contributed by atoms with van der Waals surface area (Å²) < 4.78 is 84.3. The third-order valence-electron chi connectivity index (χ3n) is 9.25. The summed E-state index contributed by atoms with van der Waals surface area (Å²) in [7, 11) is 0. The lowest BCUT2D eigenvalue weighted by molar-refractivity contribution is 1.30. The third-order valence-corrected chi connectivity index (χ3v) is 11.7. The average molecular weight is 695 g/mol. The molecule has 0 bridgehead atoms.